The predicted molar refractivity (Wildman–Crippen MR) is 115 cm³/mol. The van der Waals surface area contributed by atoms with Gasteiger partial charge in [0.2, 0.25) is 17.6 Å². The van der Waals surface area contributed by atoms with Crippen LogP contribution in [0.1, 0.15) is 35.9 Å². The molecule has 0 saturated carbocycles. The van der Waals surface area contributed by atoms with Crippen molar-refractivity contribution in [1.82, 2.24) is 35.0 Å². The Labute approximate surface area is 183 Å². The van der Waals surface area contributed by atoms with Gasteiger partial charge in [0.25, 0.3) is 5.56 Å². The minimum absolute atomic E-state index is 0. The molecule has 1 aliphatic heterocycles. The molecule has 0 amide bonds. The van der Waals surface area contributed by atoms with E-state index in [0.29, 0.717) is 35.2 Å². The van der Waals surface area contributed by atoms with Crippen LogP contribution in [0.25, 0.3) is 17.0 Å². The molecule has 1 saturated heterocycles. The first-order chi connectivity index (χ1) is 14.7. The number of aromatic nitrogens is 6. The number of methoxy groups -OCH3 is 1. The van der Waals surface area contributed by atoms with Crippen LogP contribution in [0, 0.1) is 0 Å². The van der Waals surface area contributed by atoms with Crippen molar-refractivity contribution in [3.8, 4) is 17.3 Å². The van der Waals surface area contributed by atoms with Gasteiger partial charge in [-0.1, -0.05) is 11.2 Å². The molecule has 11 heteroatoms. The van der Waals surface area contributed by atoms with E-state index in [0.717, 1.165) is 37.2 Å². The Morgan fingerprint density at radius 2 is 2.10 bits per heavy atom. The summed E-state index contributed by atoms with van der Waals surface area (Å²) in [4.78, 5) is 23.9. The molecule has 0 spiro atoms. The minimum atomic E-state index is -0.161. The van der Waals surface area contributed by atoms with Gasteiger partial charge in [-0.25, -0.2) is 9.50 Å². The normalized spacial score (nSPS) is 14.5. The first-order valence-electron chi connectivity index (χ1n) is 9.85. The Hall–Kier alpha value is -3.24. The van der Waals surface area contributed by atoms with Crippen molar-refractivity contribution in [3.63, 3.8) is 0 Å². The SMILES string of the molecule is COc1ccc(Cc2nc(-c3cnn4c(C5CCNCC5)cc(=O)[nH]c34)no2)cn1.Cl. The van der Waals surface area contributed by atoms with Gasteiger partial charge < -0.3 is 19.6 Å². The zero-order valence-corrected chi connectivity index (χ0v) is 17.7. The maximum atomic E-state index is 12.3. The molecule has 2 N–H and O–H groups in total. The number of nitrogens with one attached hydrogen (secondary N) is 2. The number of halogens is 1. The number of pyridine rings is 1. The second kappa shape index (κ2) is 8.86. The molecule has 10 nitrogen and oxygen atoms in total. The fraction of sp³-hybridized carbons (Fsp3) is 0.350. The van der Waals surface area contributed by atoms with E-state index in [2.05, 4.69) is 30.5 Å². The summed E-state index contributed by atoms with van der Waals surface area (Å²) >= 11 is 0. The molecular weight excluding hydrogens is 422 g/mol. The fourth-order valence-corrected chi connectivity index (χ4v) is 3.83. The third kappa shape index (κ3) is 4.17. The summed E-state index contributed by atoms with van der Waals surface area (Å²) in [7, 11) is 1.57. The summed E-state index contributed by atoms with van der Waals surface area (Å²) in [6.45, 7) is 1.86. The lowest BCUT2D eigenvalue weighted by molar-refractivity contribution is 0.384. The highest BCUT2D eigenvalue weighted by atomic mass is 35.5. The van der Waals surface area contributed by atoms with Crippen LogP contribution in [0.4, 0.5) is 0 Å². The highest BCUT2D eigenvalue weighted by Crippen LogP contribution is 2.27. The van der Waals surface area contributed by atoms with Crippen molar-refractivity contribution in [3.05, 3.63) is 58.1 Å². The third-order valence-corrected chi connectivity index (χ3v) is 5.36. The second-order valence-electron chi connectivity index (χ2n) is 7.30. The van der Waals surface area contributed by atoms with Crippen molar-refractivity contribution in [2.45, 2.75) is 25.2 Å². The van der Waals surface area contributed by atoms with Crippen LogP contribution in [-0.4, -0.2) is 49.9 Å². The maximum Gasteiger partial charge on any atom is 0.251 e. The summed E-state index contributed by atoms with van der Waals surface area (Å²) in [5, 5.41) is 11.9. The van der Waals surface area contributed by atoms with Crippen molar-refractivity contribution in [1.29, 1.82) is 0 Å². The molecule has 5 heterocycles. The van der Waals surface area contributed by atoms with Gasteiger partial charge in [0.1, 0.15) is 5.65 Å². The number of H-pyrrole nitrogens is 1. The third-order valence-electron chi connectivity index (χ3n) is 5.36. The molecule has 0 aromatic carbocycles. The van der Waals surface area contributed by atoms with Gasteiger partial charge in [-0.05, 0) is 31.5 Å². The summed E-state index contributed by atoms with van der Waals surface area (Å²) in [5.74, 6) is 1.67. The number of nitrogens with zero attached hydrogens (tertiary/aromatic N) is 5. The van der Waals surface area contributed by atoms with Crippen LogP contribution in [0.2, 0.25) is 0 Å². The standard InChI is InChI=1S/C20H21N7O3.ClH/c1-29-17-3-2-12(10-22-17)8-18-25-19(26-30-18)14-11-23-27-15(9-16(28)24-20(14)27)13-4-6-21-7-5-13;/h2-3,9-11,13,21H,4-8H2,1H3,(H,24,28);1H. The van der Waals surface area contributed by atoms with Crippen LogP contribution in [0.15, 0.2) is 39.9 Å². The minimum Gasteiger partial charge on any atom is -0.481 e. The number of fused-ring (bicyclic) bond motifs is 1. The Morgan fingerprint density at radius 1 is 1.26 bits per heavy atom. The molecule has 0 atom stereocenters. The summed E-state index contributed by atoms with van der Waals surface area (Å²) < 4.78 is 12.3. The Kier molecular flexibility index (Phi) is 6.01. The van der Waals surface area contributed by atoms with Gasteiger partial charge in [0.05, 0.1) is 31.0 Å². The van der Waals surface area contributed by atoms with E-state index in [4.69, 9.17) is 9.26 Å². The van der Waals surface area contributed by atoms with Crippen LogP contribution in [0.3, 0.4) is 0 Å². The lowest BCUT2D eigenvalue weighted by atomic mass is 9.94. The topological polar surface area (TPSA) is 123 Å². The van der Waals surface area contributed by atoms with E-state index < -0.39 is 0 Å². The molecule has 1 aliphatic rings. The van der Waals surface area contributed by atoms with Crippen LogP contribution < -0.4 is 15.6 Å². The monoisotopic (exact) mass is 443 g/mol. The van der Waals surface area contributed by atoms with Gasteiger partial charge in [0, 0.05) is 24.2 Å². The largest absolute Gasteiger partial charge is 0.481 e. The van der Waals surface area contributed by atoms with Gasteiger partial charge in [0.15, 0.2) is 0 Å². The Morgan fingerprint density at radius 3 is 2.84 bits per heavy atom. The summed E-state index contributed by atoms with van der Waals surface area (Å²) in [6, 6.07) is 5.32. The molecule has 4 aromatic rings. The smallest absolute Gasteiger partial charge is 0.251 e. The van der Waals surface area contributed by atoms with Crippen molar-refractivity contribution < 1.29 is 9.26 Å². The fourth-order valence-electron chi connectivity index (χ4n) is 3.83. The molecule has 0 unspecified atom stereocenters. The second-order valence-corrected chi connectivity index (χ2v) is 7.30. The summed E-state index contributed by atoms with van der Waals surface area (Å²) in [6.07, 6.45) is 5.76. The summed E-state index contributed by atoms with van der Waals surface area (Å²) in [5.41, 5.74) is 2.88. The van der Waals surface area contributed by atoms with Gasteiger partial charge in [-0.2, -0.15) is 10.1 Å². The highest BCUT2D eigenvalue weighted by Gasteiger charge is 2.22. The molecular formula is C20H22ClN7O3. The molecule has 0 aliphatic carbocycles. The van der Waals surface area contributed by atoms with Crippen LogP contribution in [-0.2, 0) is 6.42 Å². The van der Waals surface area contributed by atoms with E-state index in [1.807, 2.05) is 6.07 Å². The number of hydrogen-bond donors (Lipinski definition) is 2. The number of aromatic amines is 1. The molecule has 162 valence electrons. The van der Waals surface area contributed by atoms with Crippen LogP contribution in [0.5, 0.6) is 5.88 Å². The Bertz CT molecular complexity index is 1230. The first kappa shape index (κ1) is 21.0. The molecule has 1 fully saturated rings. The quantitative estimate of drug-likeness (QED) is 0.479. The predicted octanol–water partition coefficient (Wildman–Crippen LogP) is 1.96. The molecule has 4 aromatic heterocycles. The van der Waals surface area contributed by atoms with Gasteiger partial charge >= 0.3 is 0 Å². The first-order valence-corrected chi connectivity index (χ1v) is 9.85. The number of piperidine rings is 1. The average Bonchev–Trinajstić information content (AvgIpc) is 3.41. The zero-order chi connectivity index (χ0) is 20.5. The number of ether oxygens (including phenoxy) is 1. The van der Waals surface area contributed by atoms with Crippen molar-refractivity contribution in [2.24, 2.45) is 0 Å². The molecule has 0 bridgehead atoms. The van der Waals surface area contributed by atoms with Crippen molar-refractivity contribution in [2.75, 3.05) is 20.2 Å². The molecule has 5 rings (SSSR count). The van der Waals surface area contributed by atoms with E-state index >= 15 is 0 Å². The van der Waals surface area contributed by atoms with E-state index in [1.165, 1.54) is 0 Å². The lowest BCUT2D eigenvalue weighted by Gasteiger charge is -2.23. The van der Waals surface area contributed by atoms with Gasteiger partial charge in [-0.3, -0.25) is 4.79 Å². The van der Waals surface area contributed by atoms with Gasteiger partial charge in [-0.15, -0.1) is 12.4 Å². The maximum absolute atomic E-state index is 12.3. The number of rotatable bonds is 5. The molecule has 0 radical (unpaired) electrons. The van der Waals surface area contributed by atoms with Crippen molar-refractivity contribution >= 4 is 18.1 Å². The van der Waals surface area contributed by atoms with E-state index in [9.17, 15) is 4.79 Å². The number of hydrogen-bond acceptors (Lipinski definition) is 8. The molecule has 31 heavy (non-hydrogen) atoms. The Balaban J connectivity index is 0.00000231. The lowest BCUT2D eigenvalue weighted by Crippen LogP contribution is -2.28. The van der Waals surface area contributed by atoms with E-state index in [1.54, 1.807) is 36.2 Å². The average molecular weight is 444 g/mol. The highest BCUT2D eigenvalue weighted by molar-refractivity contribution is 5.85. The van der Waals surface area contributed by atoms with E-state index in [-0.39, 0.29) is 23.9 Å². The zero-order valence-electron chi connectivity index (χ0n) is 16.9. The van der Waals surface area contributed by atoms with Crippen LogP contribution >= 0.6 is 12.4 Å².